The molecule has 2 N–H and O–H groups in total. The standard InChI is InChI=1S/C18H29NO2/c1-2-10-17(18(20)13-8-3-4-9-14-18)19(21)15-16-11-6-5-7-12-16/h5-7,11-12,17,20-21H,2-4,8-10,13-15H2,1H3. The zero-order valence-corrected chi connectivity index (χ0v) is 13.2. The summed E-state index contributed by atoms with van der Waals surface area (Å²) in [6.07, 6.45) is 7.95. The Kier molecular flexibility index (Phi) is 6.22. The number of hydrogen-bond acceptors (Lipinski definition) is 3. The lowest BCUT2D eigenvalue weighted by atomic mass is 9.83. The van der Waals surface area contributed by atoms with Gasteiger partial charge in [-0.3, -0.25) is 0 Å². The minimum Gasteiger partial charge on any atom is -0.388 e. The Morgan fingerprint density at radius 2 is 1.71 bits per heavy atom. The van der Waals surface area contributed by atoms with E-state index >= 15 is 0 Å². The summed E-state index contributed by atoms with van der Waals surface area (Å²) in [6.45, 7) is 2.59. The van der Waals surface area contributed by atoms with Crippen molar-refractivity contribution in [1.29, 1.82) is 0 Å². The summed E-state index contributed by atoms with van der Waals surface area (Å²) in [6, 6.07) is 9.82. The van der Waals surface area contributed by atoms with Gasteiger partial charge in [0.05, 0.1) is 11.6 Å². The second-order valence-corrected chi connectivity index (χ2v) is 6.41. The van der Waals surface area contributed by atoms with E-state index in [2.05, 4.69) is 6.92 Å². The maximum atomic E-state index is 11.1. The number of benzene rings is 1. The van der Waals surface area contributed by atoms with E-state index in [4.69, 9.17) is 0 Å². The zero-order valence-electron chi connectivity index (χ0n) is 13.2. The molecule has 0 aliphatic heterocycles. The normalized spacial score (nSPS) is 20.2. The fourth-order valence-electron chi connectivity index (χ4n) is 3.52. The van der Waals surface area contributed by atoms with E-state index in [9.17, 15) is 10.3 Å². The Labute approximate surface area is 128 Å². The molecule has 1 aliphatic carbocycles. The zero-order chi connectivity index (χ0) is 15.1. The lowest BCUT2D eigenvalue weighted by Gasteiger charge is -2.40. The summed E-state index contributed by atoms with van der Waals surface area (Å²) < 4.78 is 0. The van der Waals surface area contributed by atoms with Crippen LogP contribution in [-0.2, 0) is 6.54 Å². The van der Waals surface area contributed by atoms with Crippen molar-refractivity contribution in [3.63, 3.8) is 0 Å². The van der Waals surface area contributed by atoms with E-state index < -0.39 is 5.60 Å². The largest absolute Gasteiger partial charge is 0.388 e. The van der Waals surface area contributed by atoms with Gasteiger partial charge in [-0.25, -0.2) is 0 Å². The van der Waals surface area contributed by atoms with Crippen LogP contribution in [-0.4, -0.2) is 27.0 Å². The molecule has 1 aliphatic rings. The van der Waals surface area contributed by atoms with Crippen LogP contribution in [0.15, 0.2) is 30.3 Å². The molecule has 3 heteroatoms. The topological polar surface area (TPSA) is 43.7 Å². The van der Waals surface area contributed by atoms with E-state index in [0.29, 0.717) is 6.54 Å². The molecule has 0 aromatic heterocycles. The number of hydrogen-bond donors (Lipinski definition) is 2. The molecule has 0 radical (unpaired) electrons. The van der Waals surface area contributed by atoms with Gasteiger partial charge in [0.1, 0.15) is 0 Å². The fraction of sp³-hybridized carbons (Fsp3) is 0.667. The van der Waals surface area contributed by atoms with Crippen LogP contribution >= 0.6 is 0 Å². The van der Waals surface area contributed by atoms with E-state index in [1.165, 1.54) is 17.9 Å². The van der Waals surface area contributed by atoms with Crippen LogP contribution < -0.4 is 0 Å². The van der Waals surface area contributed by atoms with Crippen molar-refractivity contribution in [2.75, 3.05) is 0 Å². The molecule has 1 atom stereocenters. The minimum absolute atomic E-state index is 0.166. The molecule has 1 unspecified atom stereocenters. The predicted octanol–water partition coefficient (Wildman–Crippen LogP) is 4.13. The molecule has 0 spiro atoms. The molecule has 0 amide bonds. The molecule has 1 saturated carbocycles. The van der Waals surface area contributed by atoms with Crippen molar-refractivity contribution >= 4 is 0 Å². The minimum atomic E-state index is -0.740. The maximum Gasteiger partial charge on any atom is 0.0825 e. The molecular weight excluding hydrogens is 262 g/mol. The molecule has 21 heavy (non-hydrogen) atoms. The van der Waals surface area contributed by atoms with E-state index in [1.54, 1.807) is 0 Å². The summed E-state index contributed by atoms with van der Waals surface area (Å²) in [4.78, 5) is 0. The average Bonchev–Trinajstić information content (AvgIpc) is 2.71. The van der Waals surface area contributed by atoms with Crippen LogP contribution in [0.2, 0.25) is 0 Å². The van der Waals surface area contributed by atoms with Crippen LogP contribution in [0.5, 0.6) is 0 Å². The third-order valence-electron chi connectivity index (χ3n) is 4.70. The first-order valence-corrected chi connectivity index (χ1v) is 8.37. The Morgan fingerprint density at radius 3 is 2.29 bits per heavy atom. The molecule has 0 bridgehead atoms. The second kappa shape index (κ2) is 7.92. The molecule has 1 fully saturated rings. The van der Waals surface area contributed by atoms with Crippen LogP contribution in [0.25, 0.3) is 0 Å². The molecule has 2 rings (SSSR count). The molecule has 3 nitrogen and oxygen atoms in total. The maximum absolute atomic E-state index is 11.1. The van der Waals surface area contributed by atoms with Gasteiger partial charge in [0.15, 0.2) is 0 Å². The molecule has 0 saturated heterocycles. The van der Waals surface area contributed by atoms with Gasteiger partial charge in [-0.2, -0.15) is 5.06 Å². The highest BCUT2D eigenvalue weighted by Gasteiger charge is 2.39. The van der Waals surface area contributed by atoms with Crippen molar-refractivity contribution in [2.45, 2.75) is 76.5 Å². The van der Waals surface area contributed by atoms with Gasteiger partial charge in [0.25, 0.3) is 0 Å². The highest BCUT2D eigenvalue weighted by atomic mass is 16.5. The lowest BCUT2D eigenvalue weighted by molar-refractivity contribution is -0.197. The van der Waals surface area contributed by atoms with Crippen LogP contribution in [0.1, 0.15) is 63.9 Å². The number of rotatable bonds is 6. The van der Waals surface area contributed by atoms with Crippen molar-refractivity contribution in [2.24, 2.45) is 0 Å². The van der Waals surface area contributed by atoms with E-state index in [1.807, 2.05) is 30.3 Å². The monoisotopic (exact) mass is 291 g/mol. The van der Waals surface area contributed by atoms with Crippen molar-refractivity contribution < 1.29 is 10.3 Å². The first-order valence-electron chi connectivity index (χ1n) is 8.37. The third-order valence-corrected chi connectivity index (χ3v) is 4.70. The van der Waals surface area contributed by atoms with Gasteiger partial charge < -0.3 is 10.3 Å². The summed E-state index contributed by atoms with van der Waals surface area (Å²) in [5, 5.41) is 23.0. The van der Waals surface area contributed by atoms with E-state index in [-0.39, 0.29) is 6.04 Å². The van der Waals surface area contributed by atoms with E-state index in [0.717, 1.165) is 44.1 Å². The molecule has 1 aromatic rings. The fourth-order valence-corrected chi connectivity index (χ4v) is 3.52. The molecule has 0 heterocycles. The Morgan fingerprint density at radius 1 is 1.10 bits per heavy atom. The van der Waals surface area contributed by atoms with Gasteiger partial charge in [0.2, 0.25) is 0 Å². The lowest BCUT2D eigenvalue weighted by Crippen LogP contribution is -2.51. The summed E-state index contributed by atoms with van der Waals surface area (Å²) >= 11 is 0. The summed E-state index contributed by atoms with van der Waals surface area (Å²) in [7, 11) is 0. The molecular formula is C18H29NO2. The van der Waals surface area contributed by atoms with Crippen LogP contribution in [0.3, 0.4) is 0 Å². The number of nitrogens with zero attached hydrogens (tertiary/aromatic N) is 1. The van der Waals surface area contributed by atoms with Gasteiger partial charge in [0, 0.05) is 6.54 Å². The van der Waals surface area contributed by atoms with Gasteiger partial charge in [-0.1, -0.05) is 69.4 Å². The Bertz CT molecular complexity index is 399. The average molecular weight is 291 g/mol. The molecule has 1 aromatic carbocycles. The Balaban J connectivity index is 2.09. The second-order valence-electron chi connectivity index (χ2n) is 6.41. The van der Waals surface area contributed by atoms with Crippen LogP contribution in [0.4, 0.5) is 0 Å². The predicted molar refractivity (Wildman–Crippen MR) is 85.1 cm³/mol. The van der Waals surface area contributed by atoms with Crippen molar-refractivity contribution in [3.05, 3.63) is 35.9 Å². The number of aliphatic hydroxyl groups is 1. The quantitative estimate of drug-likeness (QED) is 0.612. The van der Waals surface area contributed by atoms with Crippen LogP contribution in [0, 0.1) is 0 Å². The summed E-state index contributed by atoms with van der Waals surface area (Å²) in [5.41, 5.74) is 0.342. The number of hydroxylamine groups is 2. The van der Waals surface area contributed by atoms with Crippen molar-refractivity contribution in [1.82, 2.24) is 5.06 Å². The van der Waals surface area contributed by atoms with Crippen molar-refractivity contribution in [3.8, 4) is 0 Å². The highest BCUT2D eigenvalue weighted by Crippen LogP contribution is 2.34. The SMILES string of the molecule is CCCC(N(O)Cc1ccccc1)C1(O)CCCCCC1. The first kappa shape index (κ1) is 16.5. The van der Waals surface area contributed by atoms with Gasteiger partial charge >= 0.3 is 0 Å². The third kappa shape index (κ3) is 4.53. The Hall–Kier alpha value is -0.900. The van der Waals surface area contributed by atoms with Gasteiger partial charge in [-0.05, 0) is 24.8 Å². The first-order chi connectivity index (χ1) is 10.2. The molecule has 118 valence electrons. The smallest absolute Gasteiger partial charge is 0.0825 e. The highest BCUT2D eigenvalue weighted by molar-refractivity contribution is 5.14. The van der Waals surface area contributed by atoms with Gasteiger partial charge in [-0.15, -0.1) is 0 Å². The summed E-state index contributed by atoms with van der Waals surface area (Å²) in [5.74, 6) is 0.